The summed E-state index contributed by atoms with van der Waals surface area (Å²) in [5.74, 6) is 0. The van der Waals surface area contributed by atoms with Crippen LogP contribution >= 0.6 is 0 Å². The number of aryl methyl sites for hydroxylation is 1. The molecule has 5 aliphatic carbocycles. The van der Waals surface area contributed by atoms with E-state index in [1.807, 2.05) is 0 Å². The molecular weight excluding hydrogens is 871 g/mol. The number of hydrogen-bond donors (Lipinski definition) is 0. The van der Waals surface area contributed by atoms with Crippen LogP contribution in [-0.2, 0) is 11.8 Å². The van der Waals surface area contributed by atoms with Crippen molar-refractivity contribution in [2.45, 2.75) is 43.9 Å². The van der Waals surface area contributed by atoms with Crippen molar-refractivity contribution in [1.29, 1.82) is 0 Å². The Kier molecular flexibility index (Phi) is 9.26. The van der Waals surface area contributed by atoms with E-state index in [9.17, 15) is 0 Å². The Morgan fingerprint density at radius 3 is 1.94 bits per heavy atom. The zero-order valence-corrected chi connectivity index (χ0v) is 40.1. The normalized spacial score (nSPS) is 17.2. The second-order valence-electron chi connectivity index (χ2n) is 20.1. The van der Waals surface area contributed by atoms with Crippen molar-refractivity contribution < 1.29 is 0 Å². The minimum Gasteiger partial charge on any atom is -0.317 e. The maximum absolute atomic E-state index is 2.48. The lowest BCUT2D eigenvalue weighted by Gasteiger charge is -2.34. The maximum Gasteiger partial charge on any atom is 0.0694 e. The lowest BCUT2D eigenvalue weighted by atomic mass is 9.67. The largest absolute Gasteiger partial charge is 0.317 e. The molecule has 5 aliphatic rings. The monoisotopic (exact) mass is 921 g/mol. The molecule has 1 unspecified atom stereocenters. The Bertz CT molecular complexity index is 4090. The van der Waals surface area contributed by atoms with Crippen LogP contribution < -0.4 is 4.90 Å². The number of fused-ring (bicyclic) bond motifs is 15. The average Bonchev–Trinajstić information content (AvgIpc) is 4.15. The molecule has 0 bridgehead atoms. The second-order valence-corrected chi connectivity index (χ2v) is 20.1. The van der Waals surface area contributed by atoms with Crippen LogP contribution in [0, 0.1) is 0 Å². The van der Waals surface area contributed by atoms with Gasteiger partial charge in [-0.3, -0.25) is 0 Å². The predicted molar refractivity (Wildman–Crippen MR) is 302 cm³/mol. The summed E-state index contributed by atoms with van der Waals surface area (Å²) in [6.07, 6.45) is 27.3. The van der Waals surface area contributed by atoms with E-state index in [1.54, 1.807) is 0 Å². The molecule has 2 aromatic heterocycles. The van der Waals surface area contributed by atoms with Crippen LogP contribution in [0.2, 0.25) is 0 Å². The minimum atomic E-state index is -0.380. The van der Waals surface area contributed by atoms with Crippen LogP contribution in [0.4, 0.5) is 11.4 Å². The fourth-order valence-electron chi connectivity index (χ4n) is 13.4. The molecule has 3 nitrogen and oxygen atoms in total. The van der Waals surface area contributed by atoms with Gasteiger partial charge in [-0.15, -0.1) is 0 Å². The molecule has 0 fully saturated rings. The van der Waals surface area contributed by atoms with Crippen LogP contribution in [0.3, 0.4) is 0 Å². The Labute approximate surface area is 420 Å². The number of aromatic nitrogens is 2. The van der Waals surface area contributed by atoms with Crippen LogP contribution in [0.5, 0.6) is 0 Å². The van der Waals surface area contributed by atoms with Gasteiger partial charge in [-0.05, 0) is 178 Å². The van der Waals surface area contributed by atoms with E-state index >= 15 is 0 Å². The molecule has 2 heterocycles. The van der Waals surface area contributed by atoms with Gasteiger partial charge in [0.2, 0.25) is 0 Å². The number of allylic oxidation sites excluding steroid dienone is 9. The van der Waals surface area contributed by atoms with Gasteiger partial charge < -0.3 is 14.0 Å². The fraction of sp³-hybridized carbons (Fsp3) is 0.101. The van der Waals surface area contributed by atoms with E-state index < -0.39 is 0 Å². The van der Waals surface area contributed by atoms with E-state index in [0.29, 0.717) is 0 Å². The quantitative estimate of drug-likeness (QED) is 0.155. The summed E-state index contributed by atoms with van der Waals surface area (Å²) in [4.78, 5) is 2.44. The first kappa shape index (κ1) is 41.2. The summed E-state index contributed by atoms with van der Waals surface area (Å²) in [5, 5.41) is 3.83. The third kappa shape index (κ3) is 5.97. The smallest absolute Gasteiger partial charge is 0.0694 e. The number of rotatable bonds is 7. The highest BCUT2D eigenvalue weighted by Gasteiger charge is 2.53. The van der Waals surface area contributed by atoms with E-state index in [1.165, 1.54) is 111 Å². The highest BCUT2D eigenvalue weighted by Crippen LogP contribution is 2.64. The Balaban J connectivity index is 0.973. The number of anilines is 2. The van der Waals surface area contributed by atoms with E-state index in [0.717, 1.165) is 55.6 Å². The third-order valence-corrected chi connectivity index (χ3v) is 16.4. The molecule has 3 heteroatoms. The number of benzene rings is 8. The molecule has 10 aromatic rings. The lowest BCUT2D eigenvalue weighted by molar-refractivity contribution is 0.713. The zero-order valence-electron chi connectivity index (χ0n) is 40.1. The number of para-hydroxylation sites is 2. The third-order valence-electron chi connectivity index (χ3n) is 16.4. The first-order chi connectivity index (χ1) is 35.7. The Hall–Kier alpha value is -8.66. The summed E-state index contributed by atoms with van der Waals surface area (Å²) >= 11 is 0. The predicted octanol–water partition coefficient (Wildman–Crippen LogP) is 17.7. The van der Waals surface area contributed by atoms with Crippen molar-refractivity contribution in [2.24, 2.45) is 0 Å². The van der Waals surface area contributed by atoms with Crippen molar-refractivity contribution in [1.82, 2.24) is 9.13 Å². The van der Waals surface area contributed by atoms with Gasteiger partial charge in [-0.25, -0.2) is 0 Å². The van der Waals surface area contributed by atoms with Gasteiger partial charge >= 0.3 is 0 Å². The van der Waals surface area contributed by atoms with Crippen molar-refractivity contribution in [3.05, 3.63) is 275 Å². The molecule has 15 rings (SSSR count). The van der Waals surface area contributed by atoms with Gasteiger partial charge in [0, 0.05) is 50.8 Å². The number of nitrogens with zero attached hydrogens (tertiary/aromatic N) is 3. The van der Waals surface area contributed by atoms with Crippen molar-refractivity contribution in [2.75, 3.05) is 4.90 Å². The van der Waals surface area contributed by atoms with Crippen LogP contribution in [0.15, 0.2) is 230 Å². The first-order valence-corrected chi connectivity index (χ1v) is 25.8. The molecule has 1 atom stereocenters. The summed E-state index contributed by atoms with van der Waals surface area (Å²) in [5.41, 5.74) is 25.5. The summed E-state index contributed by atoms with van der Waals surface area (Å²) in [7, 11) is 0. The molecule has 0 amide bonds. The molecule has 0 saturated carbocycles. The molecule has 0 saturated heterocycles. The fourth-order valence-corrected chi connectivity index (χ4v) is 13.4. The molecule has 342 valence electrons. The summed E-state index contributed by atoms with van der Waals surface area (Å²) < 4.78 is 4.94. The molecule has 72 heavy (non-hydrogen) atoms. The van der Waals surface area contributed by atoms with Gasteiger partial charge in [0.25, 0.3) is 0 Å². The second kappa shape index (κ2) is 16.2. The van der Waals surface area contributed by atoms with Crippen LogP contribution in [0.1, 0.15) is 76.7 Å². The summed E-state index contributed by atoms with van der Waals surface area (Å²) in [6, 6.07) is 68.6. The molecule has 0 N–H and O–H groups in total. The SMILES string of the molecule is C1=CCCC(c2ccc3c(c2)c2ccc(N(C=Cc4cccc5c4C4(C6=C(C=CCC6)c6ccccc64)c4ccccc4-5)c4ccc5c6c(n(-c7ccccc7)c5c4)C=CCC6)cc2n3-c2ccccc2)=C1. The molecule has 1 spiro atoms. The van der Waals surface area contributed by atoms with Gasteiger partial charge in [-0.1, -0.05) is 158 Å². The standard InChI is InChI=1S/C69H51N3/c1-4-19-46(20-5-1)48-35-40-65-60(43-48)58-39-37-52(45-67(58)72(65)50-24-8-3-9-25-50)70(51-36-38-57-56-29-13-17-34-64(56)71(66(57)44-51)49-22-6-2-7-23-49)42-41-47-21-18-30-59-55-28-12-16-33-63(55)69(68(47)59)61-31-14-10-26-53(61)54-27-11-15-32-62(54)69/h1-4,6-12,14,16-19,21-28,30-31,33-45H,5,13,15,20,29,32H2. The molecule has 0 aliphatic heterocycles. The van der Waals surface area contributed by atoms with Gasteiger partial charge in [-0.2, -0.15) is 0 Å². The maximum atomic E-state index is 2.48. The zero-order chi connectivity index (χ0) is 47.3. The van der Waals surface area contributed by atoms with E-state index in [4.69, 9.17) is 0 Å². The average molecular weight is 922 g/mol. The van der Waals surface area contributed by atoms with E-state index in [2.05, 4.69) is 251 Å². The topological polar surface area (TPSA) is 13.1 Å². The first-order valence-electron chi connectivity index (χ1n) is 25.8. The van der Waals surface area contributed by atoms with Crippen LogP contribution in [0.25, 0.3) is 78.5 Å². The Morgan fingerprint density at radius 2 is 1.15 bits per heavy atom. The highest BCUT2D eigenvalue weighted by molar-refractivity contribution is 6.11. The molecular formula is C69H51N3. The lowest BCUT2D eigenvalue weighted by Crippen LogP contribution is -2.28. The number of hydrogen-bond acceptors (Lipinski definition) is 1. The Morgan fingerprint density at radius 1 is 0.486 bits per heavy atom. The van der Waals surface area contributed by atoms with Gasteiger partial charge in [0.05, 0.1) is 22.0 Å². The van der Waals surface area contributed by atoms with Gasteiger partial charge in [0.15, 0.2) is 0 Å². The molecule has 8 aromatic carbocycles. The van der Waals surface area contributed by atoms with Crippen molar-refractivity contribution >= 4 is 67.4 Å². The highest BCUT2D eigenvalue weighted by atomic mass is 15.1. The minimum absolute atomic E-state index is 0.380. The molecule has 0 radical (unpaired) electrons. The van der Waals surface area contributed by atoms with Crippen LogP contribution in [-0.4, -0.2) is 9.13 Å². The van der Waals surface area contributed by atoms with E-state index in [-0.39, 0.29) is 5.41 Å². The summed E-state index contributed by atoms with van der Waals surface area (Å²) in [6.45, 7) is 0. The van der Waals surface area contributed by atoms with Gasteiger partial charge in [0.1, 0.15) is 0 Å². The van der Waals surface area contributed by atoms with Crippen molar-refractivity contribution in [3.63, 3.8) is 0 Å². The van der Waals surface area contributed by atoms with Crippen molar-refractivity contribution in [3.8, 4) is 22.5 Å².